The van der Waals surface area contributed by atoms with Crippen molar-refractivity contribution in [1.82, 2.24) is 0 Å². The highest BCUT2D eigenvalue weighted by molar-refractivity contribution is 7.99. The highest BCUT2D eigenvalue weighted by Crippen LogP contribution is 2.38. The molecule has 3 aromatic carbocycles. The van der Waals surface area contributed by atoms with Gasteiger partial charge in [0.2, 0.25) is 0 Å². The topological polar surface area (TPSA) is 70.5 Å². The van der Waals surface area contributed by atoms with E-state index in [4.69, 9.17) is 20.9 Å². The van der Waals surface area contributed by atoms with Gasteiger partial charge in [-0.1, -0.05) is 24.3 Å². The van der Waals surface area contributed by atoms with Crippen molar-refractivity contribution < 1.29 is 9.47 Å². The van der Waals surface area contributed by atoms with Gasteiger partial charge in [0, 0.05) is 43.8 Å². The molecule has 0 amide bonds. The van der Waals surface area contributed by atoms with Crippen molar-refractivity contribution in [2.75, 3.05) is 25.7 Å². The Morgan fingerprint density at radius 2 is 1.07 bits per heavy atom. The first-order valence-corrected chi connectivity index (χ1v) is 10.8. The molecule has 0 saturated carbocycles. The van der Waals surface area contributed by atoms with Crippen LogP contribution < -0.4 is 20.9 Å². The summed E-state index contributed by atoms with van der Waals surface area (Å²) in [7, 11) is 3.39. The lowest BCUT2D eigenvalue weighted by atomic mass is 10.1. The van der Waals surface area contributed by atoms with Gasteiger partial charge in [0.25, 0.3) is 0 Å². The Balaban J connectivity index is 1.79. The van der Waals surface area contributed by atoms with Gasteiger partial charge in [-0.05, 0) is 36.4 Å². The molecule has 0 heterocycles. The van der Waals surface area contributed by atoms with Crippen molar-refractivity contribution in [3.8, 4) is 11.5 Å². The van der Waals surface area contributed by atoms with E-state index >= 15 is 0 Å². The quantitative estimate of drug-likeness (QED) is 0.378. The third kappa shape index (κ3) is 4.88. The minimum absolute atomic E-state index is 0.743. The van der Waals surface area contributed by atoms with Crippen LogP contribution in [0.1, 0.15) is 11.1 Å². The van der Waals surface area contributed by atoms with Crippen molar-refractivity contribution in [2.45, 2.75) is 21.3 Å². The number of para-hydroxylation sites is 2. The second-order valence-corrected chi connectivity index (χ2v) is 8.16. The van der Waals surface area contributed by atoms with Crippen LogP contribution in [0.5, 0.6) is 11.5 Å². The smallest absolute Gasteiger partial charge is 0.123 e. The molecule has 4 nitrogen and oxygen atoms in total. The maximum Gasteiger partial charge on any atom is 0.123 e. The molecule has 146 valence electrons. The van der Waals surface area contributed by atoms with E-state index in [1.165, 1.54) is 0 Å². The van der Waals surface area contributed by atoms with E-state index in [0.29, 0.717) is 0 Å². The van der Waals surface area contributed by atoms with Crippen molar-refractivity contribution in [1.29, 1.82) is 0 Å². The number of nitrogens with two attached hydrogens (primary N) is 2. The molecular weight excluding hydrogens is 388 g/mol. The van der Waals surface area contributed by atoms with E-state index in [2.05, 4.69) is 12.1 Å². The summed E-state index contributed by atoms with van der Waals surface area (Å²) in [5.41, 5.74) is 15.8. The Kier molecular flexibility index (Phi) is 7.01. The van der Waals surface area contributed by atoms with Gasteiger partial charge < -0.3 is 20.9 Å². The lowest BCUT2D eigenvalue weighted by Crippen LogP contribution is -1.98. The number of benzene rings is 3. The zero-order chi connectivity index (χ0) is 19.9. The summed E-state index contributed by atoms with van der Waals surface area (Å²) >= 11 is 3.37. The SMILES string of the molecule is COc1cc(CSc2ccccc2N)c(OC)cc1CSc1ccccc1N. The van der Waals surface area contributed by atoms with Gasteiger partial charge in [0.15, 0.2) is 0 Å². The van der Waals surface area contributed by atoms with Crippen LogP contribution in [0.3, 0.4) is 0 Å². The lowest BCUT2D eigenvalue weighted by molar-refractivity contribution is 0.397. The van der Waals surface area contributed by atoms with Crippen molar-refractivity contribution >= 4 is 34.9 Å². The number of hydrogen-bond donors (Lipinski definition) is 2. The van der Waals surface area contributed by atoms with Gasteiger partial charge >= 0.3 is 0 Å². The molecule has 0 aliphatic heterocycles. The van der Waals surface area contributed by atoms with E-state index in [9.17, 15) is 0 Å². The minimum atomic E-state index is 0.743. The number of rotatable bonds is 8. The van der Waals surface area contributed by atoms with E-state index in [1.807, 2.05) is 48.5 Å². The maximum absolute atomic E-state index is 6.05. The average Bonchev–Trinajstić information content (AvgIpc) is 2.72. The van der Waals surface area contributed by atoms with E-state index in [-0.39, 0.29) is 0 Å². The van der Waals surface area contributed by atoms with Crippen LogP contribution in [0, 0.1) is 0 Å². The van der Waals surface area contributed by atoms with Gasteiger partial charge in [-0.25, -0.2) is 0 Å². The van der Waals surface area contributed by atoms with Gasteiger partial charge in [0.1, 0.15) is 11.5 Å². The summed E-state index contributed by atoms with van der Waals surface area (Å²) in [6.07, 6.45) is 0. The zero-order valence-corrected chi connectivity index (χ0v) is 17.6. The molecule has 0 radical (unpaired) electrons. The molecule has 0 unspecified atom stereocenters. The fourth-order valence-corrected chi connectivity index (χ4v) is 4.68. The Morgan fingerprint density at radius 1 is 0.679 bits per heavy atom. The number of ether oxygens (including phenoxy) is 2. The van der Waals surface area contributed by atoms with E-state index < -0.39 is 0 Å². The van der Waals surface area contributed by atoms with Gasteiger partial charge in [-0.2, -0.15) is 0 Å². The molecule has 0 aliphatic carbocycles. The van der Waals surface area contributed by atoms with E-state index in [0.717, 1.165) is 55.3 Å². The van der Waals surface area contributed by atoms with Crippen LogP contribution in [0.2, 0.25) is 0 Å². The molecule has 3 rings (SSSR count). The second kappa shape index (κ2) is 9.66. The lowest BCUT2D eigenvalue weighted by Gasteiger charge is -2.15. The second-order valence-electron chi connectivity index (χ2n) is 6.13. The highest BCUT2D eigenvalue weighted by atomic mass is 32.2. The Hall–Kier alpha value is -2.44. The van der Waals surface area contributed by atoms with Crippen LogP contribution in [-0.2, 0) is 11.5 Å². The zero-order valence-electron chi connectivity index (χ0n) is 16.0. The summed E-state index contributed by atoms with van der Waals surface area (Å²) in [5.74, 6) is 3.18. The maximum atomic E-state index is 6.05. The summed E-state index contributed by atoms with van der Waals surface area (Å²) in [6, 6.07) is 19.8. The number of nitrogen functional groups attached to an aromatic ring is 2. The average molecular weight is 413 g/mol. The predicted molar refractivity (Wildman–Crippen MR) is 120 cm³/mol. The summed E-state index contributed by atoms with van der Waals surface area (Å²) in [6.45, 7) is 0. The molecule has 0 spiro atoms. The molecule has 3 aromatic rings. The normalized spacial score (nSPS) is 10.6. The van der Waals surface area contributed by atoms with Crippen molar-refractivity contribution in [3.63, 3.8) is 0 Å². The highest BCUT2D eigenvalue weighted by Gasteiger charge is 2.13. The molecular formula is C22H24N2O2S2. The molecule has 0 atom stereocenters. The van der Waals surface area contributed by atoms with Crippen molar-refractivity contribution in [2.24, 2.45) is 0 Å². The molecule has 4 N–H and O–H groups in total. The molecule has 0 aliphatic rings. The Bertz CT molecular complexity index is 870. The number of hydrogen-bond acceptors (Lipinski definition) is 6. The Morgan fingerprint density at radius 3 is 1.43 bits per heavy atom. The molecule has 28 heavy (non-hydrogen) atoms. The monoisotopic (exact) mass is 412 g/mol. The van der Waals surface area contributed by atoms with Crippen LogP contribution >= 0.6 is 23.5 Å². The summed E-state index contributed by atoms with van der Waals surface area (Å²) < 4.78 is 11.3. The van der Waals surface area contributed by atoms with E-state index in [1.54, 1.807) is 37.7 Å². The predicted octanol–water partition coefficient (Wildman–Crippen LogP) is 5.45. The van der Waals surface area contributed by atoms with Crippen LogP contribution in [0.4, 0.5) is 11.4 Å². The molecule has 0 saturated heterocycles. The largest absolute Gasteiger partial charge is 0.496 e. The fraction of sp³-hybridized carbons (Fsp3) is 0.182. The molecule has 0 fully saturated rings. The fourth-order valence-electron chi connectivity index (χ4n) is 2.78. The van der Waals surface area contributed by atoms with Gasteiger partial charge in [-0.15, -0.1) is 23.5 Å². The minimum Gasteiger partial charge on any atom is -0.496 e. The third-order valence-corrected chi connectivity index (χ3v) is 6.56. The number of anilines is 2. The van der Waals surface area contributed by atoms with Crippen LogP contribution in [0.15, 0.2) is 70.5 Å². The third-order valence-electron chi connectivity index (χ3n) is 4.29. The van der Waals surface area contributed by atoms with Gasteiger partial charge in [-0.3, -0.25) is 0 Å². The first-order chi connectivity index (χ1) is 13.6. The molecule has 6 heteroatoms. The first-order valence-electron chi connectivity index (χ1n) is 8.80. The van der Waals surface area contributed by atoms with Crippen molar-refractivity contribution in [3.05, 3.63) is 71.8 Å². The standard InChI is InChI=1S/C22H24N2O2S2/c1-25-19-11-16(14-28-22-10-6-4-8-18(22)24)20(26-2)12-15(19)13-27-21-9-5-3-7-17(21)23/h3-12H,13-14,23-24H2,1-2H3. The summed E-state index contributed by atoms with van der Waals surface area (Å²) in [4.78, 5) is 2.12. The van der Waals surface area contributed by atoms with Crippen LogP contribution in [0.25, 0.3) is 0 Å². The Labute approximate surface area is 174 Å². The van der Waals surface area contributed by atoms with Gasteiger partial charge in [0.05, 0.1) is 14.2 Å². The summed E-state index contributed by atoms with van der Waals surface area (Å²) in [5, 5.41) is 0. The van der Waals surface area contributed by atoms with Crippen LogP contribution in [-0.4, -0.2) is 14.2 Å². The number of methoxy groups -OCH3 is 2. The first kappa shape index (κ1) is 20.3. The molecule has 0 bridgehead atoms. The molecule has 0 aromatic heterocycles. The number of thioether (sulfide) groups is 2.